The van der Waals surface area contributed by atoms with Gasteiger partial charge in [-0.3, -0.25) is 9.59 Å². The standard InChI is InChI=1S/C20H32N4O3/c1-5-15-8-10-16(11-9-15)23-19(26)17(7-6-12-22-20(21)27)24-18(25)14(4)13(2)3/h8-11,13-14,17H,5-7,12H2,1-4H3,(H,23,26)(H,24,25)(H3,21,22,27). The van der Waals surface area contributed by atoms with E-state index in [1.807, 2.05) is 45.0 Å². The van der Waals surface area contributed by atoms with Crippen molar-refractivity contribution in [2.75, 3.05) is 11.9 Å². The molecule has 1 rings (SSSR count). The maximum atomic E-state index is 12.7. The molecule has 5 N–H and O–H groups in total. The predicted molar refractivity (Wildman–Crippen MR) is 107 cm³/mol. The summed E-state index contributed by atoms with van der Waals surface area (Å²) in [7, 11) is 0. The number of amides is 4. The number of anilines is 1. The first-order chi connectivity index (χ1) is 12.7. The highest BCUT2D eigenvalue weighted by atomic mass is 16.2. The Morgan fingerprint density at radius 1 is 1.04 bits per heavy atom. The third-order valence-electron chi connectivity index (χ3n) is 4.65. The van der Waals surface area contributed by atoms with Gasteiger partial charge < -0.3 is 21.7 Å². The average Bonchev–Trinajstić information content (AvgIpc) is 2.63. The van der Waals surface area contributed by atoms with Gasteiger partial charge >= 0.3 is 6.03 Å². The van der Waals surface area contributed by atoms with E-state index < -0.39 is 12.1 Å². The first-order valence-electron chi connectivity index (χ1n) is 9.48. The highest BCUT2D eigenvalue weighted by Crippen LogP contribution is 2.13. The van der Waals surface area contributed by atoms with Crippen molar-refractivity contribution in [1.29, 1.82) is 0 Å². The Morgan fingerprint density at radius 2 is 1.67 bits per heavy atom. The first kappa shape index (κ1) is 22.5. The van der Waals surface area contributed by atoms with Gasteiger partial charge in [0.15, 0.2) is 0 Å². The van der Waals surface area contributed by atoms with Gasteiger partial charge in [-0.2, -0.15) is 0 Å². The number of hydrogen-bond donors (Lipinski definition) is 4. The summed E-state index contributed by atoms with van der Waals surface area (Å²) in [5.74, 6) is -0.461. The molecule has 1 aromatic carbocycles. The van der Waals surface area contributed by atoms with Crippen LogP contribution in [0.25, 0.3) is 0 Å². The van der Waals surface area contributed by atoms with Crippen LogP contribution in [0.5, 0.6) is 0 Å². The molecule has 0 saturated heterocycles. The summed E-state index contributed by atoms with van der Waals surface area (Å²) < 4.78 is 0. The van der Waals surface area contributed by atoms with Crippen molar-refractivity contribution in [2.24, 2.45) is 17.6 Å². The molecule has 0 aliphatic carbocycles. The third kappa shape index (κ3) is 8.11. The van der Waals surface area contributed by atoms with Crippen molar-refractivity contribution in [3.63, 3.8) is 0 Å². The summed E-state index contributed by atoms with van der Waals surface area (Å²) in [6, 6.07) is 6.33. The minimum atomic E-state index is -0.681. The van der Waals surface area contributed by atoms with E-state index in [2.05, 4.69) is 22.9 Å². The Hall–Kier alpha value is -2.57. The van der Waals surface area contributed by atoms with Crippen LogP contribution in [0.2, 0.25) is 0 Å². The van der Waals surface area contributed by atoms with Crippen molar-refractivity contribution in [3.8, 4) is 0 Å². The van der Waals surface area contributed by atoms with Crippen LogP contribution in [-0.2, 0) is 16.0 Å². The lowest BCUT2D eigenvalue weighted by molar-refractivity contribution is -0.130. The quantitative estimate of drug-likeness (QED) is 0.470. The molecule has 2 atom stereocenters. The highest BCUT2D eigenvalue weighted by molar-refractivity contribution is 5.97. The van der Waals surface area contributed by atoms with Crippen LogP contribution in [0.4, 0.5) is 10.5 Å². The van der Waals surface area contributed by atoms with E-state index in [-0.39, 0.29) is 23.7 Å². The topological polar surface area (TPSA) is 113 Å². The van der Waals surface area contributed by atoms with Gasteiger partial charge in [-0.25, -0.2) is 4.79 Å². The maximum absolute atomic E-state index is 12.7. The molecule has 27 heavy (non-hydrogen) atoms. The highest BCUT2D eigenvalue weighted by Gasteiger charge is 2.24. The normalized spacial score (nSPS) is 12.9. The molecule has 0 aliphatic rings. The zero-order valence-corrected chi connectivity index (χ0v) is 16.7. The summed E-state index contributed by atoms with van der Waals surface area (Å²) >= 11 is 0. The van der Waals surface area contributed by atoms with Crippen molar-refractivity contribution in [1.82, 2.24) is 10.6 Å². The lowest BCUT2D eigenvalue weighted by atomic mass is 9.96. The van der Waals surface area contributed by atoms with Crippen LogP contribution < -0.4 is 21.7 Å². The molecule has 7 nitrogen and oxygen atoms in total. The summed E-state index contributed by atoms with van der Waals surface area (Å²) in [4.78, 5) is 35.9. The fourth-order valence-electron chi connectivity index (χ4n) is 2.45. The first-order valence-corrected chi connectivity index (χ1v) is 9.48. The van der Waals surface area contributed by atoms with E-state index in [1.165, 1.54) is 5.56 Å². The summed E-state index contributed by atoms with van der Waals surface area (Å²) in [5, 5.41) is 8.18. The molecule has 4 amide bonds. The molecule has 0 radical (unpaired) electrons. The maximum Gasteiger partial charge on any atom is 0.312 e. The average molecular weight is 377 g/mol. The summed E-state index contributed by atoms with van der Waals surface area (Å²) in [5.41, 5.74) is 6.92. The Bertz CT molecular complexity index is 629. The van der Waals surface area contributed by atoms with Gasteiger partial charge in [0.25, 0.3) is 0 Å². The number of aryl methyl sites for hydroxylation is 1. The number of nitrogens with two attached hydrogens (primary N) is 1. The summed E-state index contributed by atoms with van der Waals surface area (Å²) in [6.45, 7) is 8.18. The van der Waals surface area contributed by atoms with Gasteiger partial charge in [0, 0.05) is 18.2 Å². The van der Waals surface area contributed by atoms with E-state index >= 15 is 0 Å². The number of benzene rings is 1. The molecular formula is C20H32N4O3. The van der Waals surface area contributed by atoms with Crippen LogP contribution >= 0.6 is 0 Å². The molecule has 150 valence electrons. The Balaban J connectivity index is 2.75. The molecule has 0 aromatic heterocycles. The van der Waals surface area contributed by atoms with E-state index in [4.69, 9.17) is 5.73 Å². The lowest BCUT2D eigenvalue weighted by Crippen LogP contribution is -2.46. The van der Waals surface area contributed by atoms with Crippen LogP contribution in [0, 0.1) is 11.8 Å². The number of hydrogen-bond acceptors (Lipinski definition) is 3. The van der Waals surface area contributed by atoms with Gasteiger partial charge in [-0.15, -0.1) is 0 Å². The molecule has 0 saturated carbocycles. The SMILES string of the molecule is CCc1ccc(NC(=O)C(CCCNC(N)=O)NC(=O)C(C)C(C)C)cc1. The van der Waals surface area contributed by atoms with E-state index in [0.29, 0.717) is 25.1 Å². The minimum Gasteiger partial charge on any atom is -0.352 e. The molecular weight excluding hydrogens is 344 g/mol. The van der Waals surface area contributed by atoms with Crippen LogP contribution in [-0.4, -0.2) is 30.4 Å². The van der Waals surface area contributed by atoms with Crippen molar-refractivity contribution in [3.05, 3.63) is 29.8 Å². The minimum absolute atomic E-state index is 0.158. The van der Waals surface area contributed by atoms with Crippen LogP contribution in [0.3, 0.4) is 0 Å². The molecule has 7 heteroatoms. The second kappa shape index (κ2) is 11.2. The van der Waals surface area contributed by atoms with Crippen molar-refractivity contribution in [2.45, 2.75) is 53.0 Å². The fourth-order valence-corrected chi connectivity index (χ4v) is 2.45. The predicted octanol–water partition coefficient (Wildman–Crippen LogP) is 2.41. The van der Waals surface area contributed by atoms with E-state index in [9.17, 15) is 14.4 Å². The van der Waals surface area contributed by atoms with Crippen LogP contribution in [0.15, 0.2) is 24.3 Å². The van der Waals surface area contributed by atoms with Crippen molar-refractivity contribution < 1.29 is 14.4 Å². The van der Waals surface area contributed by atoms with Gasteiger partial charge in [0.1, 0.15) is 6.04 Å². The van der Waals surface area contributed by atoms with E-state index in [1.54, 1.807) is 0 Å². The molecule has 0 fully saturated rings. The third-order valence-corrected chi connectivity index (χ3v) is 4.65. The van der Waals surface area contributed by atoms with Crippen molar-refractivity contribution >= 4 is 23.5 Å². The van der Waals surface area contributed by atoms with Gasteiger partial charge in [-0.1, -0.05) is 39.8 Å². The molecule has 2 unspecified atom stereocenters. The van der Waals surface area contributed by atoms with Gasteiger partial charge in [0.05, 0.1) is 0 Å². The number of carbonyl (C=O) groups is 3. The number of urea groups is 1. The molecule has 0 spiro atoms. The Morgan fingerprint density at radius 3 is 2.19 bits per heavy atom. The number of rotatable bonds is 10. The molecule has 0 bridgehead atoms. The zero-order chi connectivity index (χ0) is 20.4. The monoisotopic (exact) mass is 376 g/mol. The fraction of sp³-hybridized carbons (Fsp3) is 0.550. The van der Waals surface area contributed by atoms with E-state index in [0.717, 1.165) is 6.42 Å². The lowest BCUT2D eigenvalue weighted by Gasteiger charge is -2.22. The smallest absolute Gasteiger partial charge is 0.312 e. The second-order valence-electron chi connectivity index (χ2n) is 7.07. The number of primary amides is 1. The number of carbonyl (C=O) groups excluding carboxylic acids is 3. The Labute approximate surface area is 161 Å². The van der Waals surface area contributed by atoms with Gasteiger partial charge in [0.2, 0.25) is 11.8 Å². The molecule has 1 aromatic rings. The summed E-state index contributed by atoms with van der Waals surface area (Å²) in [6.07, 6.45) is 1.84. The van der Waals surface area contributed by atoms with Crippen LogP contribution in [0.1, 0.15) is 46.1 Å². The molecule has 0 heterocycles. The number of nitrogens with one attached hydrogen (secondary N) is 3. The van der Waals surface area contributed by atoms with Gasteiger partial charge in [-0.05, 0) is 42.9 Å². The second-order valence-corrected chi connectivity index (χ2v) is 7.07. The molecule has 0 aliphatic heterocycles. The Kier molecular flexibility index (Phi) is 9.33. The zero-order valence-electron chi connectivity index (χ0n) is 16.7. The largest absolute Gasteiger partial charge is 0.352 e.